The lowest BCUT2D eigenvalue weighted by atomic mass is 10.2. The molecule has 1 aromatic heterocycles. The molecule has 3 N–H and O–H groups in total. The van der Waals surface area contributed by atoms with Gasteiger partial charge in [-0.3, -0.25) is 10.2 Å². The first-order valence-electron chi connectivity index (χ1n) is 10.1. The fourth-order valence-electron chi connectivity index (χ4n) is 3.01. The Kier molecular flexibility index (Phi) is 8.11. The predicted molar refractivity (Wildman–Crippen MR) is 137 cm³/mol. The molecular weight excluding hydrogens is 552 g/mol. The summed E-state index contributed by atoms with van der Waals surface area (Å²) >= 11 is 24.0. The normalized spacial score (nSPS) is 10.6. The molecule has 0 aliphatic carbocycles. The quantitative estimate of drug-likeness (QED) is 0.261. The van der Waals surface area contributed by atoms with Gasteiger partial charge in [-0.1, -0.05) is 58.5 Å². The van der Waals surface area contributed by atoms with Crippen molar-refractivity contribution in [3.63, 3.8) is 0 Å². The fraction of sp³-hybridized carbons (Fsp3) is 0.0455. The molecule has 184 valence electrons. The average molecular weight is 567 g/mol. The number of ether oxygens (including phenoxy) is 1. The predicted octanol–water partition coefficient (Wildman–Crippen LogP) is 5.60. The zero-order valence-corrected chi connectivity index (χ0v) is 21.0. The second-order valence-electron chi connectivity index (χ2n) is 7.12. The maximum atomic E-state index is 12.4. The zero-order valence-electron chi connectivity index (χ0n) is 18.0. The van der Waals surface area contributed by atoms with Crippen molar-refractivity contribution < 1.29 is 14.3 Å². The number of nitrogens with one attached hydrogen (secondary N) is 3. The van der Waals surface area contributed by atoms with E-state index in [0.717, 1.165) is 0 Å². The van der Waals surface area contributed by atoms with Gasteiger partial charge < -0.3 is 10.1 Å². The zero-order chi connectivity index (χ0) is 25.7. The maximum Gasteiger partial charge on any atom is 0.337 e. The number of hydrogen-bond acceptors (Lipinski definition) is 6. The van der Waals surface area contributed by atoms with Crippen molar-refractivity contribution in [2.24, 2.45) is 0 Å². The Bertz CT molecular complexity index is 1410. The molecule has 4 rings (SSSR count). The van der Waals surface area contributed by atoms with Crippen molar-refractivity contribution in [3.05, 3.63) is 80.8 Å². The smallest absolute Gasteiger partial charge is 0.337 e. The van der Waals surface area contributed by atoms with E-state index in [1.165, 1.54) is 22.9 Å². The molecule has 3 aromatic carbocycles. The molecule has 0 aliphatic rings. The molecule has 0 saturated carbocycles. The van der Waals surface area contributed by atoms with Crippen LogP contribution in [-0.2, 0) is 11.3 Å². The van der Waals surface area contributed by atoms with E-state index in [-0.39, 0.29) is 12.4 Å². The van der Waals surface area contributed by atoms with E-state index in [1.54, 1.807) is 42.5 Å². The van der Waals surface area contributed by atoms with Gasteiger partial charge in [0.15, 0.2) is 5.82 Å². The number of hydrazine groups is 1. The molecule has 0 spiro atoms. The van der Waals surface area contributed by atoms with Gasteiger partial charge in [0.1, 0.15) is 18.0 Å². The van der Waals surface area contributed by atoms with E-state index in [4.69, 9.17) is 51.1 Å². The highest BCUT2D eigenvalue weighted by molar-refractivity contribution is 6.36. The minimum absolute atomic E-state index is 0.254. The minimum atomic E-state index is -0.711. The Balaban J connectivity index is 1.42. The number of rotatable bonds is 6. The molecule has 3 amide bonds. The monoisotopic (exact) mass is 565 g/mol. The number of aromatic nitrogens is 4. The Morgan fingerprint density at radius 3 is 2.36 bits per heavy atom. The molecule has 0 fully saturated rings. The molecule has 1 heterocycles. The largest absolute Gasteiger partial charge is 0.455 e. The maximum absolute atomic E-state index is 12.4. The number of benzene rings is 3. The summed E-state index contributed by atoms with van der Waals surface area (Å²) in [5.74, 6) is 0.434. The lowest BCUT2D eigenvalue weighted by Crippen LogP contribution is -2.45. The van der Waals surface area contributed by atoms with Gasteiger partial charge in [0, 0.05) is 20.8 Å². The molecule has 36 heavy (non-hydrogen) atoms. The number of urea groups is 1. The van der Waals surface area contributed by atoms with Crippen LogP contribution in [0.25, 0.3) is 11.4 Å². The second kappa shape index (κ2) is 11.4. The molecule has 0 atom stereocenters. The third kappa shape index (κ3) is 6.55. The van der Waals surface area contributed by atoms with Gasteiger partial charge >= 0.3 is 6.03 Å². The molecule has 10 nitrogen and oxygen atoms in total. The standard InChI is InChI=1S/C22H15Cl4N7O3/c23-12-5-6-19(17(26)10-12)36-18-4-2-1-3-16(18)21-29-31-32-33(21)11-20(34)28-30-22(35)27-15-8-13(24)7-14(25)9-15/h1-10H,11H2,(H,28,34)(H2,27,30,35). The van der Waals surface area contributed by atoms with Crippen LogP contribution in [0.2, 0.25) is 20.1 Å². The number of nitrogens with zero attached hydrogens (tertiary/aromatic N) is 4. The first kappa shape index (κ1) is 25.5. The summed E-state index contributed by atoms with van der Waals surface area (Å²) in [7, 11) is 0. The van der Waals surface area contributed by atoms with E-state index in [2.05, 4.69) is 31.7 Å². The molecular formula is C22H15Cl4N7O3. The summed E-state index contributed by atoms with van der Waals surface area (Å²) < 4.78 is 7.19. The first-order valence-corrected chi connectivity index (χ1v) is 11.6. The van der Waals surface area contributed by atoms with Crippen molar-refractivity contribution in [1.29, 1.82) is 0 Å². The van der Waals surface area contributed by atoms with Crippen LogP contribution >= 0.6 is 46.4 Å². The molecule has 0 aliphatic heterocycles. The molecule has 0 bridgehead atoms. The number of amides is 3. The van der Waals surface area contributed by atoms with Crippen LogP contribution in [0.1, 0.15) is 0 Å². The number of anilines is 1. The summed E-state index contributed by atoms with van der Waals surface area (Å²) in [5.41, 5.74) is 5.35. The number of para-hydroxylation sites is 1. The van der Waals surface area contributed by atoms with Gasteiger partial charge in [-0.2, -0.15) is 0 Å². The summed E-state index contributed by atoms with van der Waals surface area (Å²) in [5, 5.41) is 15.5. The lowest BCUT2D eigenvalue weighted by Gasteiger charge is -2.13. The number of carbonyl (C=O) groups is 2. The minimum Gasteiger partial charge on any atom is -0.455 e. The SMILES string of the molecule is O=C(Cn1nnnc1-c1ccccc1Oc1ccc(Cl)cc1Cl)NNC(=O)Nc1cc(Cl)cc(Cl)c1. The molecule has 0 radical (unpaired) electrons. The number of halogens is 4. The summed E-state index contributed by atoms with van der Waals surface area (Å²) in [6.45, 7) is -0.304. The van der Waals surface area contributed by atoms with Crippen LogP contribution in [0.15, 0.2) is 60.7 Å². The lowest BCUT2D eigenvalue weighted by molar-refractivity contribution is -0.122. The van der Waals surface area contributed by atoms with Gasteiger partial charge in [0.05, 0.1) is 10.6 Å². The van der Waals surface area contributed by atoms with Crippen molar-refractivity contribution in [2.75, 3.05) is 5.32 Å². The third-order valence-corrected chi connectivity index (χ3v) is 5.47. The Morgan fingerprint density at radius 2 is 1.61 bits per heavy atom. The van der Waals surface area contributed by atoms with Gasteiger partial charge in [0.25, 0.3) is 5.91 Å². The van der Waals surface area contributed by atoms with Crippen LogP contribution in [0.5, 0.6) is 11.5 Å². The van der Waals surface area contributed by atoms with Crippen molar-refractivity contribution in [1.82, 2.24) is 31.1 Å². The average Bonchev–Trinajstić information content (AvgIpc) is 3.27. The van der Waals surface area contributed by atoms with Crippen LogP contribution in [0, 0.1) is 0 Å². The van der Waals surface area contributed by atoms with Gasteiger partial charge in [-0.25, -0.2) is 14.9 Å². The third-order valence-electron chi connectivity index (χ3n) is 4.50. The van der Waals surface area contributed by atoms with Crippen LogP contribution in [0.4, 0.5) is 10.5 Å². The van der Waals surface area contributed by atoms with Gasteiger partial charge in [0.2, 0.25) is 0 Å². The van der Waals surface area contributed by atoms with Gasteiger partial charge in [-0.15, -0.1) is 5.10 Å². The number of carbonyl (C=O) groups excluding carboxylic acids is 2. The number of hydrogen-bond donors (Lipinski definition) is 3. The highest BCUT2D eigenvalue weighted by atomic mass is 35.5. The highest BCUT2D eigenvalue weighted by Gasteiger charge is 2.18. The summed E-state index contributed by atoms with van der Waals surface area (Å²) in [6.07, 6.45) is 0. The summed E-state index contributed by atoms with van der Waals surface area (Å²) in [4.78, 5) is 24.5. The van der Waals surface area contributed by atoms with Crippen molar-refractivity contribution in [3.8, 4) is 22.9 Å². The van der Waals surface area contributed by atoms with E-state index >= 15 is 0 Å². The Morgan fingerprint density at radius 1 is 0.861 bits per heavy atom. The fourth-order valence-corrected chi connectivity index (χ4v) is 3.98. The summed E-state index contributed by atoms with van der Waals surface area (Å²) in [6, 6.07) is 15.6. The van der Waals surface area contributed by atoms with E-state index in [9.17, 15) is 9.59 Å². The first-order chi connectivity index (χ1) is 17.3. The molecule has 0 unspecified atom stereocenters. The Hall–Kier alpha value is -3.57. The van der Waals surface area contributed by atoms with Gasteiger partial charge in [-0.05, 0) is 59.0 Å². The van der Waals surface area contributed by atoms with Crippen LogP contribution < -0.4 is 20.9 Å². The second-order valence-corrected chi connectivity index (χ2v) is 8.84. The number of tetrazole rings is 1. The molecule has 4 aromatic rings. The van der Waals surface area contributed by atoms with Crippen molar-refractivity contribution in [2.45, 2.75) is 6.54 Å². The highest BCUT2D eigenvalue weighted by Crippen LogP contribution is 2.36. The topological polar surface area (TPSA) is 123 Å². The Labute approximate surface area is 224 Å². The molecule has 0 saturated heterocycles. The van der Waals surface area contributed by atoms with Crippen LogP contribution in [0.3, 0.4) is 0 Å². The van der Waals surface area contributed by atoms with E-state index < -0.39 is 11.9 Å². The van der Waals surface area contributed by atoms with E-state index in [1.807, 2.05) is 0 Å². The van der Waals surface area contributed by atoms with Crippen molar-refractivity contribution >= 4 is 64.0 Å². The molecule has 14 heteroatoms. The van der Waals surface area contributed by atoms with E-state index in [0.29, 0.717) is 42.8 Å². The van der Waals surface area contributed by atoms with Crippen LogP contribution in [-0.4, -0.2) is 32.1 Å².